The zero-order valence-corrected chi connectivity index (χ0v) is 16.1. The lowest BCUT2D eigenvalue weighted by Crippen LogP contribution is -2.37. The fourth-order valence-corrected chi connectivity index (χ4v) is 2.51. The van der Waals surface area contributed by atoms with Crippen molar-refractivity contribution in [2.24, 2.45) is 10.9 Å². The van der Waals surface area contributed by atoms with Gasteiger partial charge in [0.25, 0.3) is 0 Å². The van der Waals surface area contributed by atoms with E-state index < -0.39 is 0 Å². The first-order valence-electron chi connectivity index (χ1n) is 7.91. The van der Waals surface area contributed by atoms with Crippen LogP contribution in [0.1, 0.15) is 25.8 Å². The van der Waals surface area contributed by atoms with Crippen LogP contribution in [0.4, 0.5) is 0 Å². The summed E-state index contributed by atoms with van der Waals surface area (Å²) in [4.78, 5) is 4.22. The number of halogens is 1. The number of benzene rings is 1. The quantitative estimate of drug-likeness (QED) is 0.389. The zero-order chi connectivity index (χ0) is 17.1. The third kappa shape index (κ3) is 8.23. The normalized spacial score (nSPS) is 11.7. The van der Waals surface area contributed by atoms with Gasteiger partial charge in [0.05, 0.1) is 11.6 Å². The van der Waals surface area contributed by atoms with E-state index in [2.05, 4.69) is 45.4 Å². The molecule has 0 fully saturated rings. The van der Waals surface area contributed by atoms with Crippen molar-refractivity contribution in [3.63, 3.8) is 0 Å². The van der Waals surface area contributed by atoms with Gasteiger partial charge < -0.3 is 20.1 Å². The molecule has 23 heavy (non-hydrogen) atoms. The maximum atomic E-state index is 5.56. The highest BCUT2D eigenvalue weighted by Crippen LogP contribution is 2.25. The molecule has 0 bridgehead atoms. The predicted octanol–water partition coefficient (Wildman–Crippen LogP) is 3.19. The molecule has 0 atom stereocenters. The summed E-state index contributed by atoms with van der Waals surface area (Å²) in [7, 11) is 3.43. The topological polar surface area (TPSA) is 54.9 Å². The maximum absolute atomic E-state index is 5.56. The summed E-state index contributed by atoms with van der Waals surface area (Å²) in [5.74, 6) is 2.21. The van der Waals surface area contributed by atoms with Gasteiger partial charge in [-0.15, -0.1) is 0 Å². The summed E-state index contributed by atoms with van der Waals surface area (Å²) in [5.41, 5.74) is 1.15. The van der Waals surface area contributed by atoms with Crippen molar-refractivity contribution in [2.75, 3.05) is 33.9 Å². The Balaban J connectivity index is 2.27. The Labute approximate surface area is 148 Å². The first-order chi connectivity index (χ1) is 11.1. The van der Waals surface area contributed by atoms with Crippen molar-refractivity contribution >= 4 is 21.9 Å². The molecular formula is C17H28BrN3O2. The van der Waals surface area contributed by atoms with Gasteiger partial charge in [0.1, 0.15) is 5.75 Å². The van der Waals surface area contributed by atoms with Crippen LogP contribution in [0.25, 0.3) is 0 Å². The van der Waals surface area contributed by atoms with Gasteiger partial charge in [-0.25, -0.2) is 0 Å². The molecule has 0 amide bonds. The highest BCUT2D eigenvalue weighted by molar-refractivity contribution is 9.10. The number of methoxy groups -OCH3 is 1. The van der Waals surface area contributed by atoms with Crippen molar-refractivity contribution < 1.29 is 9.47 Å². The van der Waals surface area contributed by atoms with Gasteiger partial charge in [-0.05, 0) is 46.0 Å². The molecule has 0 spiro atoms. The van der Waals surface area contributed by atoms with Gasteiger partial charge in [0.15, 0.2) is 5.96 Å². The Bertz CT molecular complexity index is 493. The molecule has 0 radical (unpaired) electrons. The smallest absolute Gasteiger partial charge is 0.191 e. The van der Waals surface area contributed by atoms with E-state index in [0.29, 0.717) is 12.5 Å². The van der Waals surface area contributed by atoms with Crippen LogP contribution in [0.2, 0.25) is 0 Å². The highest BCUT2D eigenvalue weighted by Gasteiger charge is 2.03. The Hall–Kier alpha value is -1.27. The summed E-state index contributed by atoms with van der Waals surface area (Å²) in [6.07, 6.45) is 0.960. The minimum absolute atomic E-state index is 0.584. The molecule has 0 saturated carbocycles. The Morgan fingerprint density at radius 2 is 2.09 bits per heavy atom. The van der Waals surface area contributed by atoms with Crippen LogP contribution in [0.3, 0.4) is 0 Å². The lowest BCUT2D eigenvalue weighted by molar-refractivity contribution is 0.108. The SMILES string of the molecule is CN=C(NCCCOCC(C)C)NCc1ccc(OC)c(Br)c1. The van der Waals surface area contributed by atoms with E-state index in [-0.39, 0.29) is 0 Å². The Kier molecular flexibility index (Phi) is 9.71. The highest BCUT2D eigenvalue weighted by atomic mass is 79.9. The predicted molar refractivity (Wildman–Crippen MR) is 99.2 cm³/mol. The molecule has 130 valence electrons. The lowest BCUT2D eigenvalue weighted by atomic mass is 10.2. The van der Waals surface area contributed by atoms with Gasteiger partial charge in [-0.3, -0.25) is 4.99 Å². The number of nitrogens with zero attached hydrogens (tertiary/aromatic N) is 1. The molecule has 0 saturated heterocycles. The van der Waals surface area contributed by atoms with Crippen LogP contribution in [0.15, 0.2) is 27.7 Å². The standard InChI is InChI=1S/C17H28BrN3O2/c1-13(2)12-23-9-5-8-20-17(19-3)21-11-14-6-7-16(22-4)15(18)10-14/h6-7,10,13H,5,8-9,11-12H2,1-4H3,(H2,19,20,21). The third-order valence-electron chi connectivity index (χ3n) is 3.11. The van der Waals surface area contributed by atoms with E-state index in [1.165, 1.54) is 0 Å². The van der Waals surface area contributed by atoms with Crippen LogP contribution in [-0.2, 0) is 11.3 Å². The molecule has 6 heteroatoms. The Morgan fingerprint density at radius 1 is 1.30 bits per heavy atom. The summed E-state index contributed by atoms with van der Waals surface area (Å²) >= 11 is 3.49. The number of guanidine groups is 1. The summed E-state index contributed by atoms with van der Waals surface area (Å²) in [6, 6.07) is 6.02. The number of rotatable bonds is 9. The van der Waals surface area contributed by atoms with E-state index in [0.717, 1.165) is 47.9 Å². The summed E-state index contributed by atoms with van der Waals surface area (Å²) in [5, 5.41) is 6.58. The average Bonchev–Trinajstić information content (AvgIpc) is 2.53. The minimum Gasteiger partial charge on any atom is -0.496 e. The number of aliphatic imine (C=N–C) groups is 1. The van der Waals surface area contributed by atoms with Crippen molar-refractivity contribution in [1.29, 1.82) is 0 Å². The van der Waals surface area contributed by atoms with Crippen molar-refractivity contribution in [1.82, 2.24) is 10.6 Å². The molecule has 1 rings (SSSR count). The van der Waals surface area contributed by atoms with E-state index in [4.69, 9.17) is 9.47 Å². The first kappa shape index (κ1) is 19.8. The molecule has 0 heterocycles. The van der Waals surface area contributed by atoms with Crippen LogP contribution < -0.4 is 15.4 Å². The van der Waals surface area contributed by atoms with Gasteiger partial charge >= 0.3 is 0 Å². The van der Waals surface area contributed by atoms with E-state index in [1.54, 1.807) is 14.2 Å². The monoisotopic (exact) mass is 385 g/mol. The van der Waals surface area contributed by atoms with Crippen molar-refractivity contribution in [3.05, 3.63) is 28.2 Å². The minimum atomic E-state index is 0.584. The van der Waals surface area contributed by atoms with E-state index >= 15 is 0 Å². The molecule has 0 aliphatic rings. The fourth-order valence-electron chi connectivity index (χ4n) is 1.93. The first-order valence-corrected chi connectivity index (χ1v) is 8.70. The molecular weight excluding hydrogens is 358 g/mol. The molecule has 0 aliphatic heterocycles. The molecule has 1 aromatic carbocycles. The molecule has 2 N–H and O–H groups in total. The van der Waals surface area contributed by atoms with Crippen LogP contribution in [0, 0.1) is 5.92 Å². The number of hydrogen-bond acceptors (Lipinski definition) is 3. The Morgan fingerprint density at radius 3 is 2.70 bits per heavy atom. The van der Waals surface area contributed by atoms with Crippen LogP contribution in [0.5, 0.6) is 5.75 Å². The second-order valence-corrected chi connectivity index (χ2v) is 6.50. The van der Waals surface area contributed by atoms with Crippen LogP contribution >= 0.6 is 15.9 Å². The van der Waals surface area contributed by atoms with E-state index in [1.807, 2.05) is 18.2 Å². The summed E-state index contributed by atoms with van der Waals surface area (Å²) < 4.78 is 11.7. The second kappa shape index (κ2) is 11.3. The maximum Gasteiger partial charge on any atom is 0.191 e. The second-order valence-electron chi connectivity index (χ2n) is 5.64. The molecule has 1 aromatic rings. The number of ether oxygens (including phenoxy) is 2. The molecule has 0 aromatic heterocycles. The van der Waals surface area contributed by atoms with Gasteiger partial charge in [0, 0.05) is 33.4 Å². The summed E-state index contributed by atoms with van der Waals surface area (Å²) in [6.45, 7) is 7.44. The van der Waals surface area contributed by atoms with Crippen LogP contribution in [-0.4, -0.2) is 39.9 Å². The number of hydrogen-bond donors (Lipinski definition) is 2. The molecule has 5 nitrogen and oxygen atoms in total. The fraction of sp³-hybridized carbons (Fsp3) is 0.588. The van der Waals surface area contributed by atoms with Gasteiger partial charge in [-0.1, -0.05) is 19.9 Å². The van der Waals surface area contributed by atoms with Gasteiger partial charge in [0.2, 0.25) is 0 Å². The van der Waals surface area contributed by atoms with E-state index in [9.17, 15) is 0 Å². The zero-order valence-electron chi connectivity index (χ0n) is 14.5. The average molecular weight is 386 g/mol. The number of nitrogens with one attached hydrogen (secondary N) is 2. The molecule has 0 unspecified atom stereocenters. The van der Waals surface area contributed by atoms with Gasteiger partial charge in [-0.2, -0.15) is 0 Å². The lowest BCUT2D eigenvalue weighted by Gasteiger charge is -2.13. The van der Waals surface area contributed by atoms with Crippen molar-refractivity contribution in [3.8, 4) is 5.75 Å². The molecule has 0 aliphatic carbocycles. The third-order valence-corrected chi connectivity index (χ3v) is 3.73. The largest absolute Gasteiger partial charge is 0.496 e. The van der Waals surface area contributed by atoms with Crippen molar-refractivity contribution in [2.45, 2.75) is 26.8 Å².